The first kappa shape index (κ1) is 12.0. The maximum atomic E-state index is 13.2. The number of aromatic amines is 1. The van der Waals surface area contributed by atoms with Crippen LogP contribution in [0.2, 0.25) is 0 Å². The minimum atomic E-state index is -0.856. The van der Waals surface area contributed by atoms with Crippen molar-refractivity contribution in [2.24, 2.45) is 0 Å². The molecule has 0 atom stereocenters. The first-order valence-corrected chi connectivity index (χ1v) is 6.02. The number of rotatable bonds is 2. The Morgan fingerprint density at radius 2 is 2.05 bits per heavy atom. The Labute approximate surface area is 112 Å². The largest absolute Gasteiger partial charge is 0.329 e. The molecule has 0 fully saturated rings. The quantitative estimate of drug-likeness (QED) is 0.728. The van der Waals surface area contributed by atoms with Crippen LogP contribution in [0.5, 0.6) is 0 Å². The number of pyridine rings is 1. The van der Waals surface area contributed by atoms with Crippen molar-refractivity contribution in [2.45, 2.75) is 6.54 Å². The molecular formula is C13H9F2N3S. The molecule has 96 valence electrons. The summed E-state index contributed by atoms with van der Waals surface area (Å²) < 4.78 is 28.4. The number of benzene rings is 1. The molecule has 3 aromatic rings. The summed E-state index contributed by atoms with van der Waals surface area (Å²) in [6, 6.07) is 5.66. The summed E-state index contributed by atoms with van der Waals surface area (Å²) in [6.07, 6.45) is 3.33. The molecule has 3 nitrogen and oxygen atoms in total. The summed E-state index contributed by atoms with van der Waals surface area (Å²) in [6.45, 7) is 0.375. The van der Waals surface area contributed by atoms with Crippen molar-refractivity contribution in [1.29, 1.82) is 0 Å². The van der Waals surface area contributed by atoms with Gasteiger partial charge in [-0.2, -0.15) is 0 Å². The molecule has 1 N–H and O–H groups in total. The van der Waals surface area contributed by atoms with Crippen LogP contribution >= 0.6 is 12.2 Å². The number of imidazole rings is 1. The summed E-state index contributed by atoms with van der Waals surface area (Å²) in [4.78, 5) is 7.02. The van der Waals surface area contributed by atoms with E-state index in [9.17, 15) is 8.78 Å². The molecule has 0 aliphatic heterocycles. The van der Waals surface area contributed by atoms with E-state index in [1.807, 2.05) is 10.6 Å². The molecule has 0 spiro atoms. The fourth-order valence-electron chi connectivity index (χ4n) is 1.99. The maximum Gasteiger partial charge on any atom is 0.178 e. The molecule has 19 heavy (non-hydrogen) atoms. The number of halogens is 2. The van der Waals surface area contributed by atoms with E-state index < -0.39 is 11.6 Å². The SMILES string of the molecule is Fc1ccc(Cn2c(=S)[nH]c3cnccc32)cc1F. The van der Waals surface area contributed by atoms with Crippen molar-refractivity contribution in [3.63, 3.8) is 0 Å². The molecule has 0 aliphatic rings. The van der Waals surface area contributed by atoms with Crippen molar-refractivity contribution in [3.8, 4) is 0 Å². The first-order chi connectivity index (χ1) is 9.15. The summed E-state index contributed by atoms with van der Waals surface area (Å²) >= 11 is 5.22. The van der Waals surface area contributed by atoms with Crippen molar-refractivity contribution in [2.75, 3.05) is 0 Å². The Kier molecular flexibility index (Phi) is 2.87. The average Bonchev–Trinajstić information content (AvgIpc) is 2.71. The van der Waals surface area contributed by atoms with E-state index in [1.165, 1.54) is 6.07 Å². The van der Waals surface area contributed by atoms with Crippen molar-refractivity contribution < 1.29 is 8.78 Å². The van der Waals surface area contributed by atoms with E-state index in [2.05, 4.69) is 9.97 Å². The van der Waals surface area contributed by atoms with Crippen LogP contribution in [0.15, 0.2) is 36.7 Å². The van der Waals surface area contributed by atoms with Gasteiger partial charge in [0.15, 0.2) is 16.4 Å². The lowest BCUT2D eigenvalue weighted by molar-refractivity contribution is 0.506. The zero-order valence-corrected chi connectivity index (χ0v) is 10.5. The van der Waals surface area contributed by atoms with Gasteiger partial charge in [-0.15, -0.1) is 0 Å². The Morgan fingerprint density at radius 1 is 1.21 bits per heavy atom. The van der Waals surface area contributed by atoms with Gasteiger partial charge < -0.3 is 9.55 Å². The van der Waals surface area contributed by atoms with Gasteiger partial charge in [0.05, 0.1) is 23.8 Å². The second kappa shape index (κ2) is 4.55. The van der Waals surface area contributed by atoms with Crippen molar-refractivity contribution in [1.82, 2.24) is 14.5 Å². The second-order valence-electron chi connectivity index (χ2n) is 4.16. The minimum absolute atomic E-state index is 0.375. The summed E-state index contributed by atoms with van der Waals surface area (Å²) in [5, 5.41) is 0. The lowest BCUT2D eigenvalue weighted by atomic mass is 10.2. The van der Waals surface area contributed by atoms with Crippen molar-refractivity contribution >= 4 is 23.3 Å². The molecule has 0 unspecified atom stereocenters. The number of hydrogen-bond acceptors (Lipinski definition) is 2. The normalized spacial score (nSPS) is 11.1. The predicted octanol–water partition coefficient (Wildman–Crippen LogP) is 3.42. The average molecular weight is 277 g/mol. The molecule has 6 heteroatoms. The minimum Gasteiger partial charge on any atom is -0.329 e. The third-order valence-corrected chi connectivity index (χ3v) is 3.22. The third-order valence-electron chi connectivity index (χ3n) is 2.90. The van der Waals surface area contributed by atoms with E-state index >= 15 is 0 Å². The van der Waals surface area contributed by atoms with Crippen LogP contribution in [0.1, 0.15) is 5.56 Å². The zero-order chi connectivity index (χ0) is 13.4. The van der Waals surface area contributed by atoms with Gasteiger partial charge in [-0.3, -0.25) is 4.98 Å². The Morgan fingerprint density at radius 3 is 2.84 bits per heavy atom. The van der Waals surface area contributed by atoms with Crippen LogP contribution < -0.4 is 0 Å². The number of nitrogens with one attached hydrogen (secondary N) is 1. The van der Waals surface area contributed by atoms with Gasteiger partial charge in [0, 0.05) is 6.20 Å². The van der Waals surface area contributed by atoms with Crippen LogP contribution in [0.25, 0.3) is 11.0 Å². The predicted molar refractivity (Wildman–Crippen MR) is 70.4 cm³/mol. The first-order valence-electron chi connectivity index (χ1n) is 5.61. The zero-order valence-electron chi connectivity index (χ0n) is 9.73. The van der Waals surface area contributed by atoms with Gasteiger partial charge in [-0.25, -0.2) is 8.78 Å². The molecule has 1 aromatic carbocycles. The fourth-order valence-corrected chi connectivity index (χ4v) is 2.26. The molecule has 0 bridgehead atoms. The number of fused-ring (bicyclic) bond motifs is 1. The van der Waals surface area contributed by atoms with E-state index in [0.29, 0.717) is 16.9 Å². The topological polar surface area (TPSA) is 33.6 Å². The van der Waals surface area contributed by atoms with E-state index in [1.54, 1.807) is 18.5 Å². The molecular weight excluding hydrogens is 268 g/mol. The molecule has 2 aromatic heterocycles. The Balaban J connectivity index is 2.08. The number of hydrogen-bond donors (Lipinski definition) is 1. The molecule has 2 heterocycles. The van der Waals surface area contributed by atoms with E-state index in [0.717, 1.165) is 17.1 Å². The van der Waals surface area contributed by atoms with Crippen LogP contribution in [-0.4, -0.2) is 14.5 Å². The smallest absolute Gasteiger partial charge is 0.178 e. The van der Waals surface area contributed by atoms with Gasteiger partial charge in [-0.05, 0) is 36.0 Å². The highest BCUT2D eigenvalue weighted by atomic mass is 32.1. The molecule has 0 radical (unpaired) electrons. The summed E-state index contributed by atoms with van der Waals surface area (Å²) in [5.41, 5.74) is 2.34. The summed E-state index contributed by atoms with van der Waals surface area (Å²) in [7, 11) is 0. The number of aromatic nitrogens is 3. The highest BCUT2D eigenvalue weighted by Gasteiger charge is 2.07. The lowest BCUT2D eigenvalue weighted by Crippen LogP contribution is -2.00. The standard InChI is InChI=1S/C13H9F2N3S/c14-9-2-1-8(5-10(9)15)7-18-12-3-4-16-6-11(12)17-13(18)19/h1-6H,7H2,(H,17,19). The van der Waals surface area contributed by atoms with Crippen LogP contribution in [0, 0.1) is 16.4 Å². The number of H-pyrrole nitrogens is 1. The second-order valence-corrected chi connectivity index (χ2v) is 4.54. The highest BCUT2D eigenvalue weighted by Crippen LogP contribution is 2.16. The summed E-state index contributed by atoms with van der Waals surface area (Å²) in [5.74, 6) is -1.71. The molecule has 0 saturated heterocycles. The molecule has 3 rings (SSSR count). The van der Waals surface area contributed by atoms with Gasteiger partial charge in [0.2, 0.25) is 0 Å². The molecule has 0 amide bonds. The van der Waals surface area contributed by atoms with Gasteiger partial charge in [0.25, 0.3) is 0 Å². The van der Waals surface area contributed by atoms with Crippen LogP contribution in [-0.2, 0) is 6.54 Å². The van der Waals surface area contributed by atoms with E-state index in [-0.39, 0.29) is 0 Å². The van der Waals surface area contributed by atoms with Crippen molar-refractivity contribution in [3.05, 3.63) is 58.6 Å². The molecule has 0 aliphatic carbocycles. The lowest BCUT2D eigenvalue weighted by Gasteiger charge is -2.05. The third kappa shape index (κ3) is 2.15. The Hall–Kier alpha value is -2.08. The van der Waals surface area contributed by atoms with Crippen LogP contribution in [0.4, 0.5) is 8.78 Å². The monoisotopic (exact) mass is 277 g/mol. The highest BCUT2D eigenvalue weighted by molar-refractivity contribution is 7.71. The fraction of sp³-hybridized carbons (Fsp3) is 0.0769. The van der Waals surface area contributed by atoms with Gasteiger partial charge in [-0.1, -0.05) is 6.07 Å². The molecule has 0 saturated carbocycles. The van der Waals surface area contributed by atoms with E-state index in [4.69, 9.17) is 12.2 Å². The van der Waals surface area contributed by atoms with Gasteiger partial charge in [0.1, 0.15) is 0 Å². The van der Waals surface area contributed by atoms with Crippen LogP contribution in [0.3, 0.4) is 0 Å². The van der Waals surface area contributed by atoms with Gasteiger partial charge >= 0.3 is 0 Å². The maximum absolute atomic E-state index is 13.2. The Bertz CT molecular complexity index is 807. The number of nitrogens with zero attached hydrogens (tertiary/aromatic N) is 2.